The Kier molecular flexibility index (Phi) is 4.55. The van der Waals surface area contributed by atoms with Gasteiger partial charge in [-0.2, -0.15) is 0 Å². The number of nitrogen functional groups attached to an aromatic ring is 1. The molecule has 1 amide bonds. The second-order valence-electron chi connectivity index (χ2n) is 6.50. The Labute approximate surface area is 164 Å². The SMILES string of the molecule is CN(C(=O)c1ccc2c(c1)OCO2)c1c(N)n(Cc2ccccc2)c(=O)[nH]c1=O. The Hall–Kier alpha value is -4.01. The van der Waals surface area contributed by atoms with Gasteiger partial charge < -0.3 is 20.1 Å². The highest BCUT2D eigenvalue weighted by Gasteiger charge is 2.24. The van der Waals surface area contributed by atoms with Gasteiger partial charge in [0.2, 0.25) is 6.79 Å². The van der Waals surface area contributed by atoms with Gasteiger partial charge in [0.25, 0.3) is 11.5 Å². The summed E-state index contributed by atoms with van der Waals surface area (Å²) < 4.78 is 11.8. The van der Waals surface area contributed by atoms with E-state index in [-0.39, 0.29) is 30.4 Å². The molecule has 29 heavy (non-hydrogen) atoms. The Morgan fingerprint density at radius 1 is 1.14 bits per heavy atom. The summed E-state index contributed by atoms with van der Waals surface area (Å²) in [6.07, 6.45) is 0. The molecule has 0 saturated carbocycles. The Morgan fingerprint density at radius 3 is 2.62 bits per heavy atom. The number of hydrogen-bond acceptors (Lipinski definition) is 6. The Bertz CT molecular complexity index is 1200. The Morgan fingerprint density at radius 2 is 1.86 bits per heavy atom. The number of carbonyl (C=O) groups excluding carboxylic acids is 1. The summed E-state index contributed by atoms with van der Waals surface area (Å²) in [5.74, 6) is 0.405. The van der Waals surface area contributed by atoms with E-state index in [1.807, 2.05) is 30.3 Å². The summed E-state index contributed by atoms with van der Waals surface area (Å²) in [6, 6.07) is 13.9. The number of ether oxygens (including phenoxy) is 2. The number of rotatable bonds is 4. The standard InChI is InChI=1S/C20H18N4O5/c1-23(19(26)13-7-8-14-15(9-13)29-11-28-14)16-17(21)24(20(27)22-18(16)25)10-12-5-3-2-4-6-12/h2-9H,10-11,21H2,1H3,(H,22,25,27). The zero-order valence-corrected chi connectivity index (χ0v) is 15.5. The minimum atomic E-state index is -0.742. The van der Waals surface area contributed by atoms with Crippen LogP contribution in [0.4, 0.5) is 11.5 Å². The normalized spacial score (nSPS) is 12.0. The number of carbonyl (C=O) groups is 1. The van der Waals surface area contributed by atoms with Crippen LogP contribution in [0.15, 0.2) is 58.1 Å². The third kappa shape index (κ3) is 3.33. The first-order chi connectivity index (χ1) is 14.0. The molecular weight excluding hydrogens is 376 g/mol. The molecule has 0 atom stereocenters. The van der Waals surface area contributed by atoms with Crippen molar-refractivity contribution in [3.05, 3.63) is 80.5 Å². The fourth-order valence-electron chi connectivity index (χ4n) is 3.15. The highest BCUT2D eigenvalue weighted by Crippen LogP contribution is 2.33. The number of nitrogens with zero attached hydrogens (tertiary/aromatic N) is 2. The molecule has 0 radical (unpaired) electrons. The van der Waals surface area contributed by atoms with E-state index in [2.05, 4.69) is 4.98 Å². The van der Waals surface area contributed by atoms with Crippen molar-refractivity contribution in [2.75, 3.05) is 24.5 Å². The number of amides is 1. The zero-order valence-electron chi connectivity index (χ0n) is 15.5. The smallest absolute Gasteiger partial charge is 0.330 e. The van der Waals surface area contributed by atoms with E-state index in [0.29, 0.717) is 11.5 Å². The van der Waals surface area contributed by atoms with Crippen LogP contribution in [0.3, 0.4) is 0 Å². The van der Waals surface area contributed by atoms with Crippen LogP contribution in [0.1, 0.15) is 15.9 Å². The summed E-state index contributed by atoms with van der Waals surface area (Å²) in [7, 11) is 1.42. The summed E-state index contributed by atoms with van der Waals surface area (Å²) in [5, 5.41) is 0. The van der Waals surface area contributed by atoms with Crippen molar-refractivity contribution < 1.29 is 14.3 Å². The van der Waals surface area contributed by atoms with Crippen molar-refractivity contribution in [3.8, 4) is 11.5 Å². The number of benzene rings is 2. The average molecular weight is 394 g/mol. The average Bonchev–Trinajstić information content (AvgIpc) is 3.19. The zero-order chi connectivity index (χ0) is 20.5. The van der Waals surface area contributed by atoms with Crippen LogP contribution in [0.25, 0.3) is 0 Å². The molecule has 9 heteroatoms. The third-order valence-electron chi connectivity index (χ3n) is 4.66. The molecule has 0 bridgehead atoms. The molecule has 3 aromatic rings. The minimum absolute atomic E-state index is 0.0832. The first kappa shape index (κ1) is 18.4. The molecule has 2 heterocycles. The number of nitrogens with two attached hydrogens (primary N) is 1. The van der Waals surface area contributed by atoms with Gasteiger partial charge in [-0.15, -0.1) is 0 Å². The van der Waals surface area contributed by atoms with Crippen molar-refractivity contribution in [2.45, 2.75) is 6.54 Å². The molecule has 0 saturated heterocycles. The third-order valence-corrected chi connectivity index (χ3v) is 4.66. The lowest BCUT2D eigenvalue weighted by Crippen LogP contribution is -2.39. The summed E-state index contributed by atoms with van der Waals surface area (Å²) in [6.45, 7) is 0.237. The number of anilines is 2. The molecule has 2 aromatic carbocycles. The van der Waals surface area contributed by atoms with Crippen LogP contribution < -0.4 is 31.4 Å². The van der Waals surface area contributed by atoms with E-state index in [9.17, 15) is 14.4 Å². The van der Waals surface area contributed by atoms with Gasteiger partial charge in [0, 0.05) is 12.6 Å². The first-order valence-electron chi connectivity index (χ1n) is 8.80. The van der Waals surface area contributed by atoms with Crippen molar-refractivity contribution in [1.82, 2.24) is 9.55 Å². The van der Waals surface area contributed by atoms with Crippen LogP contribution >= 0.6 is 0 Å². The number of fused-ring (bicyclic) bond motifs is 1. The molecule has 0 unspecified atom stereocenters. The van der Waals surface area contributed by atoms with Gasteiger partial charge >= 0.3 is 5.69 Å². The molecular formula is C20H18N4O5. The maximum Gasteiger partial charge on any atom is 0.330 e. The van der Waals surface area contributed by atoms with E-state index in [1.54, 1.807) is 12.1 Å². The number of aromatic amines is 1. The monoisotopic (exact) mass is 394 g/mol. The van der Waals surface area contributed by atoms with Crippen molar-refractivity contribution in [2.24, 2.45) is 0 Å². The molecule has 148 valence electrons. The summed E-state index contributed by atoms with van der Waals surface area (Å²) in [5.41, 5.74) is 5.76. The lowest BCUT2D eigenvalue weighted by molar-refractivity contribution is 0.0992. The lowest BCUT2D eigenvalue weighted by Gasteiger charge is -2.20. The fraction of sp³-hybridized carbons (Fsp3) is 0.150. The van der Waals surface area contributed by atoms with E-state index >= 15 is 0 Å². The number of aromatic nitrogens is 2. The second-order valence-corrected chi connectivity index (χ2v) is 6.50. The second kappa shape index (κ2) is 7.19. The lowest BCUT2D eigenvalue weighted by atomic mass is 10.1. The van der Waals surface area contributed by atoms with E-state index in [0.717, 1.165) is 10.5 Å². The van der Waals surface area contributed by atoms with Crippen LogP contribution in [-0.2, 0) is 6.54 Å². The maximum atomic E-state index is 12.9. The van der Waals surface area contributed by atoms with E-state index in [1.165, 1.54) is 17.7 Å². The number of H-pyrrole nitrogens is 1. The quantitative estimate of drug-likeness (QED) is 0.686. The topological polar surface area (TPSA) is 120 Å². The van der Waals surface area contributed by atoms with E-state index in [4.69, 9.17) is 15.2 Å². The van der Waals surface area contributed by atoms with Crippen molar-refractivity contribution in [3.63, 3.8) is 0 Å². The van der Waals surface area contributed by atoms with E-state index < -0.39 is 17.2 Å². The van der Waals surface area contributed by atoms with Gasteiger partial charge in [-0.3, -0.25) is 19.1 Å². The predicted octanol–water partition coefficient (Wildman–Crippen LogP) is 1.17. The highest BCUT2D eigenvalue weighted by atomic mass is 16.7. The molecule has 0 fully saturated rings. The molecule has 9 nitrogen and oxygen atoms in total. The fourth-order valence-corrected chi connectivity index (χ4v) is 3.15. The highest BCUT2D eigenvalue weighted by molar-refractivity contribution is 6.07. The van der Waals surface area contributed by atoms with Crippen LogP contribution in [0.5, 0.6) is 11.5 Å². The summed E-state index contributed by atoms with van der Waals surface area (Å²) >= 11 is 0. The molecule has 1 aliphatic heterocycles. The number of hydrogen-bond donors (Lipinski definition) is 2. The number of nitrogens with one attached hydrogen (secondary N) is 1. The predicted molar refractivity (Wildman–Crippen MR) is 107 cm³/mol. The molecule has 0 aliphatic carbocycles. The molecule has 4 rings (SSSR count). The van der Waals surface area contributed by atoms with Gasteiger partial charge in [0.05, 0.1) is 6.54 Å². The molecule has 1 aliphatic rings. The van der Waals surface area contributed by atoms with Crippen LogP contribution in [0, 0.1) is 0 Å². The van der Waals surface area contributed by atoms with Gasteiger partial charge in [-0.1, -0.05) is 30.3 Å². The van der Waals surface area contributed by atoms with Gasteiger partial charge in [0.15, 0.2) is 17.2 Å². The van der Waals surface area contributed by atoms with Gasteiger partial charge in [0.1, 0.15) is 5.82 Å². The summed E-state index contributed by atoms with van der Waals surface area (Å²) in [4.78, 5) is 41.0. The molecule has 0 spiro atoms. The molecule has 3 N–H and O–H groups in total. The van der Waals surface area contributed by atoms with Crippen molar-refractivity contribution >= 4 is 17.4 Å². The van der Waals surface area contributed by atoms with Crippen LogP contribution in [-0.4, -0.2) is 29.3 Å². The first-order valence-corrected chi connectivity index (χ1v) is 8.80. The largest absolute Gasteiger partial charge is 0.454 e. The van der Waals surface area contributed by atoms with Crippen LogP contribution in [0.2, 0.25) is 0 Å². The molecule has 1 aromatic heterocycles. The Balaban J connectivity index is 1.72. The maximum absolute atomic E-state index is 12.9. The van der Waals surface area contributed by atoms with Crippen molar-refractivity contribution in [1.29, 1.82) is 0 Å². The van der Waals surface area contributed by atoms with Gasteiger partial charge in [-0.25, -0.2) is 4.79 Å². The van der Waals surface area contributed by atoms with Gasteiger partial charge in [-0.05, 0) is 23.8 Å². The minimum Gasteiger partial charge on any atom is -0.454 e.